The van der Waals surface area contributed by atoms with Crippen molar-refractivity contribution in [1.29, 1.82) is 0 Å². The molecule has 0 bridgehead atoms. The molecule has 4 nitrogen and oxygen atoms in total. The first-order valence-corrected chi connectivity index (χ1v) is 8.15. The summed E-state index contributed by atoms with van der Waals surface area (Å²) in [6.45, 7) is 9.31. The Morgan fingerprint density at radius 2 is 2.00 bits per heavy atom. The van der Waals surface area contributed by atoms with Crippen LogP contribution in [-0.2, 0) is 22.9 Å². The van der Waals surface area contributed by atoms with Crippen LogP contribution in [0.1, 0.15) is 33.4 Å². The zero-order valence-electron chi connectivity index (χ0n) is 11.7. The summed E-state index contributed by atoms with van der Waals surface area (Å²) < 4.78 is 25.0. The molecule has 0 aromatic carbocycles. The number of rotatable bonds is 6. The molecule has 0 unspecified atom stereocenters. The van der Waals surface area contributed by atoms with Crippen LogP contribution in [0.5, 0.6) is 0 Å². The largest absolute Gasteiger partial charge is 0.349 e. The van der Waals surface area contributed by atoms with Gasteiger partial charge in [-0.15, -0.1) is 0 Å². The summed E-state index contributed by atoms with van der Waals surface area (Å²) in [7, 11) is -2.90. The van der Waals surface area contributed by atoms with Crippen molar-refractivity contribution in [3.8, 4) is 0 Å². The van der Waals surface area contributed by atoms with Gasteiger partial charge >= 0.3 is 0 Å². The summed E-state index contributed by atoms with van der Waals surface area (Å²) in [5.74, 6) is 0.421. The lowest BCUT2D eigenvalue weighted by Crippen LogP contribution is -2.35. The second kappa shape index (κ2) is 5.89. The SMILES string of the molecule is CCS(=O)(=O)CCn1cccc1CNC(C)(C)C. The molecule has 0 fully saturated rings. The summed E-state index contributed by atoms with van der Waals surface area (Å²) in [6.07, 6.45) is 1.94. The van der Waals surface area contributed by atoms with Crippen LogP contribution in [0, 0.1) is 0 Å². The Morgan fingerprint density at radius 1 is 1.33 bits per heavy atom. The van der Waals surface area contributed by atoms with Gasteiger partial charge in [0.25, 0.3) is 0 Å². The van der Waals surface area contributed by atoms with Gasteiger partial charge in [0, 0.05) is 36.3 Å². The van der Waals surface area contributed by atoms with Gasteiger partial charge < -0.3 is 9.88 Å². The van der Waals surface area contributed by atoms with Gasteiger partial charge in [-0.3, -0.25) is 0 Å². The molecule has 5 heteroatoms. The fourth-order valence-corrected chi connectivity index (χ4v) is 2.33. The van der Waals surface area contributed by atoms with E-state index < -0.39 is 9.84 Å². The fraction of sp³-hybridized carbons (Fsp3) is 0.692. The quantitative estimate of drug-likeness (QED) is 0.859. The van der Waals surface area contributed by atoms with Gasteiger partial charge in [-0.1, -0.05) is 6.92 Å². The molecule has 0 aliphatic heterocycles. The highest BCUT2D eigenvalue weighted by Crippen LogP contribution is 2.07. The van der Waals surface area contributed by atoms with E-state index in [1.165, 1.54) is 0 Å². The van der Waals surface area contributed by atoms with Crippen LogP contribution < -0.4 is 5.32 Å². The Hall–Kier alpha value is -0.810. The van der Waals surface area contributed by atoms with Crippen molar-refractivity contribution in [2.45, 2.75) is 46.3 Å². The average Bonchev–Trinajstić information content (AvgIpc) is 2.70. The molecule has 18 heavy (non-hydrogen) atoms. The normalized spacial score (nSPS) is 12.9. The van der Waals surface area contributed by atoms with Gasteiger partial charge in [0.05, 0.1) is 5.75 Å². The number of nitrogens with zero attached hydrogens (tertiary/aromatic N) is 1. The Bertz CT molecular complexity index is 469. The molecular weight excluding hydrogens is 248 g/mol. The zero-order chi connectivity index (χ0) is 13.8. The summed E-state index contributed by atoms with van der Waals surface area (Å²) >= 11 is 0. The average molecular weight is 272 g/mol. The Kier molecular flexibility index (Phi) is 4.99. The van der Waals surface area contributed by atoms with Crippen molar-refractivity contribution in [3.63, 3.8) is 0 Å². The van der Waals surface area contributed by atoms with Crippen molar-refractivity contribution < 1.29 is 8.42 Å². The van der Waals surface area contributed by atoms with Crippen LogP contribution in [0.25, 0.3) is 0 Å². The molecule has 1 N–H and O–H groups in total. The topological polar surface area (TPSA) is 51.1 Å². The van der Waals surface area contributed by atoms with Crippen molar-refractivity contribution >= 4 is 9.84 Å². The molecule has 0 saturated carbocycles. The zero-order valence-corrected chi connectivity index (χ0v) is 12.5. The Labute approximate surface area is 110 Å². The fourth-order valence-electron chi connectivity index (χ4n) is 1.57. The number of aryl methyl sites for hydroxylation is 1. The maximum atomic E-state index is 11.5. The molecule has 1 aromatic heterocycles. The lowest BCUT2D eigenvalue weighted by Gasteiger charge is -2.21. The minimum atomic E-state index is -2.90. The van der Waals surface area contributed by atoms with E-state index in [9.17, 15) is 8.42 Å². The number of hydrogen-bond donors (Lipinski definition) is 1. The molecule has 0 radical (unpaired) electrons. The van der Waals surface area contributed by atoms with Crippen LogP contribution >= 0.6 is 0 Å². The van der Waals surface area contributed by atoms with Gasteiger partial charge in [0.2, 0.25) is 0 Å². The standard InChI is InChI=1S/C13H24N2O2S/c1-5-18(16,17)10-9-15-8-6-7-12(15)11-14-13(2,3)4/h6-8,14H,5,9-11H2,1-4H3. The van der Waals surface area contributed by atoms with Crippen LogP contribution in [-0.4, -0.2) is 30.0 Å². The lowest BCUT2D eigenvalue weighted by atomic mass is 10.1. The Morgan fingerprint density at radius 3 is 2.56 bits per heavy atom. The number of sulfone groups is 1. The molecule has 0 amide bonds. The summed E-state index contributed by atoms with van der Waals surface area (Å²) in [5.41, 5.74) is 1.18. The van der Waals surface area contributed by atoms with Crippen molar-refractivity contribution in [1.82, 2.24) is 9.88 Å². The van der Waals surface area contributed by atoms with E-state index in [0.29, 0.717) is 6.54 Å². The van der Waals surface area contributed by atoms with E-state index >= 15 is 0 Å². The molecule has 1 heterocycles. The van der Waals surface area contributed by atoms with Gasteiger partial charge in [-0.05, 0) is 32.9 Å². The highest BCUT2D eigenvalue weighted by atomic mass is 32.2. The van der Waals surface area contributed by atoms with Crippen LogP contribution in [0.3, 0.4) is 0 Å². The smallest absolute Gasteiger partial charge is 0.151 e. The maximum Gasteiger partial charge on any atom is 0.151 e. The van der Waals surface area contributed by atoms with E-state index in [2.05, 4.69) is 26.1 Å². The van der Waals surface area contributed by atoms with Crippen LogP contribution in [0.15, 0.2) is 18.3 Å². The monoisotopic (exact) mass is 272 g/mol. The van der Waals surface area contributed by atoms with Gasteiger partial charge in [-0.25, -0.2) is 8.42 Å². The third-order valence-corrected chi connectivity index (χ3v) is 4.49. The van der Waals surface area contributed by atoms with Crippen LogP contribution in [0.4, 0.5) is 0 Å². The third-order valence-electron chi connectivity index (χ3n) is 2.81. The molecule has 0 saturated heterocycles. The van der Waals surface area contributed by atoms with E-state index in [1.807, 2.05) is 22.9 Å². The second-order valence-electron chi connectivity index (χ2n) is 5.53. The summed E-state index contributed by atoms with van der Waals surface area (Å²) in [6, 6.07) is 3.98. The van der Waals surface area contributed by atoms with Gasteiger partial charge in [0.1, 0.15) is 0 Å². The lowest BCUT2D eigenvalue weighted by molar-refractivity contribution is 0.416. The minimum absolute atomic E-state index is 0.0601. The molecular formula is C13H24N2O2S. The Balaban J connectivity index is 2.61. The number of nitrogens with one attached hydrogen (secondary N) is 1. The van der Waals surface area contributed by atoms with E-state index in [1.54, 1.807) is 6.92 Å². The summed E-state index contributed by atoms with van der Waals surface area (Å²) in [5, 5.41) is 3.41. The number of aromatic nitrogens is 1. The highest BCUT2D eigenvalue weighted by Gasteiger charge is 2.12. The first-order valence-electron chi connectivity index (χ1n) is 6.33. The van der Waals surface area contributed by atoms with Crippen molar-refractivity contribution in [2.24, 2.45) is 0 Å². The van der Waals surface area contributed by atoms with Crippen LogP contribution in [0.2, 0.25) is 0 Å². The van der Waals surface area contributed by atoms with E-state index in [4.69, 9.17) is 0 Å². The van der Waals surface area contributed by atoms with Gasteiger partial charge in [-0.2, -0.15) is 0 Å². The molecule has 0 spiro atoms. The molecule has 1 rings (SSSR count). The minimum Gasteiger partial charge on any atom is -0.349 e. The molecule has 0 aliphatic carbocycles. The number of hydrogen-bond acceptors (Lipinski definition) is 3. The molecule has 1 aromatic rings. The van der Waals surface area contributed by atoms with Gasteiger partial charge in [0.15, 0.2) is 9.84 Å². The molecule has 104 valence electrons. The van der Waals surface area contributed by atoms with Crippen molar-refractivity contribution in [3.05, 3.63) is 24.0 Å². The van der Waals surface area contributed by atoms with E-state index in [-0.39, 0.29) is 17.0 Å². The first kappa shape index (κ1) is 15.2. The first-order chi connectivity index (χ1) is 8.23. The predicted molar refractivity (Wildman–Crippen MR) is 75.4 cm³/mol. The second-order valence-corrected chi connectivity index (χ2v) is 8.01. The molecule has 0 aliphatic rings. The highest BCUT2D eigenvalue weighted by molar-refractivity contribution is 7.91. The van der Waals surface area contributed by atoms with Crippen molar-refractivity contribution in [2.75, 3.05) is 11.5 Å². The molecule has 0 atom stereocenters. The predicted octanol–water partition coefficient (Wildman–Crippen LogP) is 1.81. The van der Waals surface area contributed by atoms with E-state index in [0.717, 1.165) is 12.2 Å². The summed E-state index contributed by atoms with van der Waals surface area (Å²) in [4.78, 5) is 0. The third kappa shape index (κ3) is 5.23. The maximum absolute atomic E-state index is 11.5.